The van der Waals surface area contributed by atoms with E-state index in [1.165, 1.54) is 18.2 Å². The Hall–Kier alpha value is -2.26. The average molecular weight is 294 g/mol. The summed E-state index contributed by atoms with van der Waals surface area (Å²) in [4.78, 5) is 23.0. The Balaban J connectivity index is 2.09. The van der Waals surface area contributed by atoms with Crippen LogP contribution >= 0.6 is 11.6 Å². The Kier molecular flexibility index (Phi) is 3.81. The number of nitrogens with zero attached hydrogens (tertiary/aromatic N) is 1. The Bertz CT molecular complexity index is 605. The topological polar surface area (TPSA) is 102 Å². The van der Waals surface area contributed by atoms with Gasteiger partial charge in [-0.2, -0.15) is 5.26 Å². The van der Waals surface area contributed by atoms with E-state index in [-0.39, 0.29) is 10.7 Å². The molecule has 0 aromatic heterocycles. The molecule has 104 valence electrons. The van der Waals surface area contributed by atoms with Gasteiger partial charge in [0.2, 0.25) is 0 Å². The van der Waals surface area contributed by atoms with E-state index >= 15 is 0 Å². The van der Waals surface area contributed by atoms with E-state index < -0.39 is 17.5 Å². The second-order valence-corrected chi connectivity index (χ2v) is 5.03. The molecule has 0 bridgehead atoms. The molecule has 1 aliphatic rings. The molecule has 2 amide bonds. The number of nitriles is 1. The van der Waals surface area contributed by atoms with E-state index in [0.29, 0.717) is 18.4 Å². The molecular formula is C13H12ClN3O3. The quantitative estimate of drug-likeness (QED) is 0.796. The van der Waals surface area contributed by atoms with Crippen LogP contribution in [0, 0.1) is 11.3 Å². The van der Waals surface area contributed by atoms with Crippen molar-refractivity contribution in [3.05, 3.63) is 28.8 Å². The number of carbonyl (C=O) groups is 2. The number of hydrogen-bond acceptors (Lipinski definition) is 3. The first-order valence-electron chi connectivity index (χ1n) is 5.99. The summed E-state index contributed by atoms with van der Waals surface area (Å²) in [6.45, 7) is 0. The van der Waals surface area contributed by atoms with Crippen molar-refractivity contribution < 1.29 is 14.7 Å². The molecule has 0 atom stereocenters. The summed E-state index contributed by atoms with van der Waals surface area (Å²) >= 11 is 5.91. The van der Waals surface area contributed by atoms with E-state index in [0.717, 1.165) is 6.42 Å². The first-order valence-corrected chi connectivity index (χ1v) is 6.37. The SMILES string of the molecule is N#Cc1ccc(Cl)c(NC(=O)NC2(C(=O)O)CCC2)c1. The van der Waals surface area contributed by atoms with Crippen molar-refractivity contribution in [3.63, 3.8) is 0 Å². The van der Waals surface area contributed by atoms with Crippen LogP contribution in [0.2, 0.25) is 5.02 Å². The number of carbonyl (C=O) groups excluding carboxylic acids is 1. The lowest BCUT2D eigenvalue weighted by molar-refractivity contribution is -0.148. The van der Waals surface area contributed by atoms with Gasteiger partial charge >= 0.3 is 12.0 Å². The fourth-order valence-electron chi connectivity index (χ4n) is 1.98. The number of carboxylic acid groups (broad SMARTS) is 1. The molecule has 0 spiro atoms. The van der Waals surface area contributed by atoms with E-state index in [2.05, 4.69) is 10.6 Å². The zero-order valence-electron chi connectivity index (χ0n) is 10.4. The number of nitrogens with one attached hydrogen (secondary N) is 2. The second-order valence-electron chi connectivity index (χ2n) is 4.63. The summed E-state index contributed by atoms with van der Waals surface area (Å²) < 4.78 is 0. The van der Waals surface area contributed by atoms with Gasteiger partial charge in [-0.05, 0) is 37.5 Å². The van der Waals surface area contributed by atoms with Gasteiger partial charge in [-0.3, -0.25) is 0 Å². The number of urea groups is 1. The lowest BCUT2D eigenvalue weighted by atomic mass is 9.77. The van der Waals surface area contributed by atoms with Gasteiger partial charge in [0.25, 0.3) is 0 Å². The van der Waals surface area contributed by atoms with Crippen LogP contribution in [0.3, 0.4) is 0 Å². The lowest BCUT2D eigenvalue weighted by Gasteiger charge is -2.38. The van der Waals surface area contributed by atoms with Crippen LogP contribution in [0.15, 0.2) is 18.2 Å². The van der Waals surface area contributed by atoms with Crippen LogP contribution in [0.25, 0.3) is 0 Å². The zero-order chi connectivity index (χ0) is 14.8. The number of amides is 2. The van der Waals surface area contributed by atoms with Gasteiger partial charge in [0, 0.05) is 0 Å². The summed E-state index contributed by atoms with van der Waals surface area (Å²) in [5.74, 6) is -1.05. The van der Waals surface area contributed by atoms with E-state index in [1.807, 2.05) is 6.07 Å². The number of hydrogen-bond donors (Lipinski definition) is 3. The Morgan fingerprint density at radius 2 is 2.10 bits per heavy atom. The number of benzene rings is 1. The molecule has 3 N–H and O–H groups in total. The number of anilines is 1. The smallest absolute Gasteiger partial charge is 0.329 e. The standard InChI is InChI=1S/C13H12ClN3O3/c14-9-3-2-8(7-15)6-10(9)16-12(20)17-13(11(18)19)4-1-5-13/h2-3,6H,1,4-5H2,(H,18,19)(H2,16,17,20). The van der Waals surface area contributed by atoms with E-state index in [9.17, 15) is 9.59 Å². The molecule has 7 heteroatoms. The molecule has 1 saturated carbocycles. The van der Waals surface area contributed by atoms with Crippen LogP contribution < -0.4 is 10.6 Å². The first kappa shape index (κ1) is 14.2. The third kappa shape index (κ3) is 2.68. The van der Waals surface area contributed by atoms with Gasteiger partial charge < -0.3 is 15.7 Å². The molecule has 1 aromatic carbocycles. The molecule has 0 aliphatic heterocycles. The maximum absolute atomic E-state index is 11.9. The van der Waals surface area contributed by atoms with E-state index in [4.69, 9.17) is 22.0 Å². The molecule has 2 rings (SSSR count). The molecule has 0 saturated heterocycles. The summed E-state index contributed by atoms with van der Waals surface area (Å²) in [5.41, 5.74) is -0.576. The molecule has 1 fully saturated rings. The number of halogens is 1. The molecule has 1 aliphatic carbocycles. The highest BCUT2D eigenvalue weighted by Crippen LogP contribution is 2.32. The van der Waals surface area contributed by atoms with Gasteiger partial charge in [0.05, 0.1) is 22.3 Å². The third-order valence-corrected chi connectivity index (χ3v) is 3.64. The van der Waals surface area contributed by atoms with Crippen molar-refractivity contribution in [2.45, 2.75) is 24.8 Å². The lowest BCUT2D eigenvalue weighted by Crippen LogP contribution is -2.60. The molecule has 0 unspecified atom stereocenters. The zero-order valence-corrected chi connectivity index (χ0v) is 11.2. The normalized spacial score (nSPS) is 15.6. The Morgan fingerprint density at radius 1 is 1.40 bits per heavy atom. The predicted octanol–water partition coefficient (Wildman–Crippen LogP) is 2.34. The summed E-state index contributed by atoms with van der Waals surface area (Å²) in [5, 5.41) is 23.1. The fourth-order valence-corrected chi connectivity index (χ4v) is 2.15. The molecule has 0 heterocycles. The highest BCUT2D eigenvalue weighted by Gasteiger charge is 2.45. The van der Waals surface area contributed by atoms with Crippen LogP contribution in [-0.2, 0) is 4.79 Å². The average Bonchev–Trinajstić information content (AvgIpc) is 2.36. The minimum Gasteiger partial charge on any atom is -0.480 e. The number of rotatable bonds is 3. The highest BCUT2D eigenvalue weighted by molar-refractivity contribution is 6.33. The van der Waals surface area contributed by atoms with Crippen LogP contribution in [0.5, 0.6) is 0 Å². The van der Waals surface area contributed by atoms with Crippen LogP contribution in [0.4, 0.5) is 10.5 Å². The highest BCUT2D eigenvalue weighted by atomic mass is 35.5. The van der Waals surface area contributed by atoms with Gasteiger partial charge in [-0.25, -0.2) is 9.59 Å². The predicted molar refractivity (Wildman–Crippen MR) is 72.5 cm³/mol. The molecule has 6 nitrogen and oxygen atoms in total. The van der Waals surface area contributed by atoms with Crippen molar-refractivity contribution in [1.82, 2.24) is 5.32 Å². The van der Waals surface area contributed by atoms with Crippen LogP contribution in [-0.4, -0.2) is 22.6 Å². The maximum Gasteiger partial charge on any atom is 0.329 e. The minimum absolute atomic E-state index is 0.267. The van der Waals surface area contributed by atoms with E-state index in [1.54, 1.807) is 0 Å². The fraction of sp³-hybridized carbons (Fsp3) is 0.308. The van der Waals surface area contributed by atoms with Crippen molar-refractivity contribution in [2.24, 2.45) is 0 Å². The first-order chi connectivity index (χ1) is 9.47. The van der Waals surface area contributed by atoms with Gasteiger partial charge in [-0.1, -0.05) is 11.6 Å². The van der Waals surface area contributed by atoms with Gasteiger partial charge in [-0.15, -0.1) is 0 Å². The Labute approximate surface area is 120 Å². The maximum atomic E-state index is 11.9. The van der Waals surface area contributed by atoms with Crippen molar-refractivity contribution in [3.8, 4) is 6.07 Å². The van der Waals surface area contributed by atoms with Crippen molar-refractivity contribution in [2.75, 3.05) is 5.32 Å². The largest absolute Gasteiger partial charge is 0.480 e. The number of carboxylic acids is 1. The Morgan fingerprint density at radius 3 is 2.60 bits per heavy atom. The third-order valence-electron chi connectivity index (χ3n) is 3.31. The van der Waals surface area contributed by atoms with Crippen LogP contribution in [0.1, 0.15) is 24.8 Å². The van der Waals surface area contributed by atoms with Gasteiger partial charge in [0.15, 0.2) is 0 Å². The summed E-state index contributed by atoms with van der Waals surface area (Å²) in [6.07, 6.45) is 1.57. The molecular weight excluding hydrogens is 282 g/mol. The van der Waals surface area contributed by atoms with Gasteiger partial charge in [0.1, 0.15) is 5.54 Å². The molecule has 20 heavy (non-hydrogen) atoms. The van der Waals surface area contributed by atoms with Crippen molar-refractivity contribution in [1.29, 1.82) is 5.26 Å². The molecule has 1 aromatic rings. The monoisotopic (exact) mass is 293 g/mol. The summed E-state index contributed by atoms with van der Waals surface area (Å²) in [7, 11) is 0. The minimum atomic E-state index is -1.19. The summed E-state index contributed by atoms with van der Waals surface area (Å²) in [6, 6.07) is 5.73. The number of aliphatic carboxylic acids is 1. The second kappa shape index (κ2) is 5.39. The van der Waals surface area contributed by atoms with Crippen molar-refractivity contribution >= 4 is 29.3 Å². The molecule has 0 radical (unpaired) electrons.